The fourth-order valence-corrected chi connectivity index (χ4v) is 3.43. The van der Waals surface area contributed by atoms with Gasteiger partial charge in [0.2, 0.25) is 5.91 Å². The molecule has 0 radical (unpaired) electrons. The molecule has 27 heavy (non-hydrogen) atoms. The summed E-state index contributed by atoms with van der Waals surface area (Å²) < 4.78 is 0. The molecule has 2 aromatic carbocycles. The zero-order valence-corrected chi connectivity index (χ0v) is 15.4. The molecule has 1 aromatic heterocycles. The van der Waals surface area contributed by atoms with Gasteiger partial charge in [-0.25, -0.2) is 0 Å². The Morgan fingerprint density at radius 1 is 1.00 bits per heavy atom. The Kier molecular flexibility index (Phi) is 5.99. The number of aromatic nitrogens is 1. The molecule has 1 heterocycles. The van der Waals surface area contributed by atoms with Gasteiger partial charge in [0.15, 0.2) is 0 Å². The smallest absolute Gasteiger partial charge is 0.233 e. The van der Waals surface area contributed by atoms with Gasteiger partial charge in [0.25, 0.3) is 0 Å². The second-order valence-corrected chi connectivity index (χ2v) is 6.52. The average molecular weight is 360 g/mol. The van der Waals surface area contributed by atoms with Crippen molar-refractivity contribution >= 4 is 5.91 Å². The van der Waals surface area contributed by atoms with Crippen LogP contribution in [0.4, 0.5) is 0 Å². The summed E-state index contributed by atoms with van der Waals surface area (Å²) in [6, 6.07) is 24.6. The van der Waals surface area contributed by atoms with E-state index in [0.717, 1.165) is 11.1 Å². The third-order valence-corrected chi connectivity index (χ3v) is 4.98. The van der Waals surface area contributed by atoms with Crippen LogP contribution in [0.15, 0.2) is 85.1 Å². The summed E-state index contributed by atoms with van der Waals surface area (Å²) in [6.45, 7) is 2.32. The van der Waals surface area contributed by atoms with Gasteiger partial charge in [-0.2, -0.15) is 0 Å². The Bertz CT molecular complexity index is 853. The van der Waals surface area contributed by atoms with Crippen molar-refractivity contribution in [3.63, 3.8) is 0 Å². The number of pyridine rings is 1. The standard InChI is InChI=1S/C23H24N2O2/c1-2-23(19-13-7-4-8-14-19,21(26)20-15-9-10-16-24-20)22(27)25-17-18-11-5-3-6-12-18/h3-16,21,26H,2,17H2,1H3,(H,25,27)/t21-,23+/m1/s1. The molecule has 0 saturated heterocycles. The summed E-state index contributed by atoms with van der Waals surface area (Å²) in [5.74, 6) is -0.210. The lowest BCUT2D eigenvalue weighted by Gasteiger charge is -2.36. The molecule has 138 valence electrons. The van der Waals surface area contributed by atoms with Gasteiger partial charge >= 0.3 is 0 Å². The van der Waals surface area contributed by atoms with Crippen molar-refractivity contribution in [2.45, 2.75) is 31.4 Å². The van der Waals surface area contributed by atoms with E-state index in [1.165, 1.54) is 0 Å². The van der Waals surface area contributed by atoms with Crippen LogP contribution in [0.2, 0.25) is 0 Å². The zero-order chi connectivity index (χ0) is 19.1. The first-order valence-corrected chi connectivity index (χ1v) is 9.15. The van der Waals surface area contributed by atoms with E-state index in [9.17, 15) is 9.90 Å². The quantitative estimate of drug-likeness (QED) is 0.674. The van der Waals surface area contributed by atoms with E-state index < -0.39 is 11.5 Å². The molecule has 0 unspecified atom stereocenters. The Balaban J connectivity index is 1.97. The molecule has 3 aromatic rings. The van der Waals surface area contributed by atoms with Crippen molar-refractivity contribution in [2.75, 3.05) is 0 Å². The van der Waals surface area contributed by atoms with Gasteiger partial charge in [0, 0.05) is 12.7 Å². The largest absolute Gasteiger partial charge is 0.385 e. The molecule has 0 aliphatic carbocycles. The number of aliphatic hydroxyl groups is 1. The third kappa shape index (κ3) is 3.91. The summed E-state index contributed by atoms with van der Waals surface area (Å²) in [4.78, 5) is 17.7. The Morgan fingerprint density at radius 3 is 2.22 bits per heavy atom. The minimum atomic E-state index is -1.12. The van der Waals surface area contributed by atoms with Gasteiger partial charge in [0.05, 0.1) is 5.69 Å². The average Bonchev–Trinajstić information content (AvgIpc) is 2.75. The van der Waals surface area contributed by atoms with Crippen molar-refractivity contribution in [1.82, 2.24) is 10.3 Å². The van der Waals surface area contributed by atoms with Crippen LogP contribution in [0, 0.1) is 0 Å². The third-order valence-electron chi connectivity index (χ3n) is 4.98. The topological polar surface area (TPSA) is 62.2 Å². The summed E-state index contributed by atoms with van der Waals surface area (Å²) in [5, 5.41) is 14.2. The lowest BCUT2D eigenvalue weighted by molar-refractivity contribution is -0.132. The highest BCUT2D eigenvalue weighted by molar-refractivity contribution is 5.89. The minimum absolute atomic E-state index is 0.210. The normalized spacial score (nSPS) is 14.1. The maximum absolute atomic E-state index is 13.4. The summed E-state index contributed by atoms with van der Waals surface area (Å²) in [5.41, 5.74) is 1.15. The fraction of sp³-hybridized carbons (Fsp3) is 0.217. The summed E-state index contributed by atoms with van der Waals surface area (Å²) in [6.07, 6.45) is 1.02. The highest BCUT2D eigenvalue weighted by Gasteiger charge is 2.46. The van der Waals surface area contributed by atoms with E-state index in [1.54, 1.807) is 18.3 Å². The van der Waals surface area contributed by atoms with Gasteiger partial charge in [0.1, 0.15) is 11.5 Å². The van der Waals surface area contributed by atoms with Gasteiger partial charge in [-0.1, -0.05) is 73.7 Å². The minimum Gasteiger partial charge on any atom is -0.385 e. The van der Waals surface area contributed by atoms with Crippen molar-refractivity contribution in [3.05, 3.63) is 102 Å². The number of carbonyl (C=O) groups is 1. The second-order valence-electron chi connectivity index (χ2n) is 6.52. The highest BCUT2D eigenvalue weighted by atomic mass is 16.3. The van der Waals surface area contributed by atoms with Crippen LogP contribution < -0.4 is 5.32 Å². The van der Waals surface area contributed by atoms with Crippen LogP contribution in [0.1, 0.15) is 36.3 Å². The summed E-state index contributed by atoms with van der Waals surface area (Å²) >= 11 is 0. The molecule has 0 spiro atoms. The number of hydrogen-bond donors (Lipinski definition) is 2. The van der Waals surface area contributed by atoms with Gasteiger partial charge in [-0.05, 0) is 29.7 Å². The maximum atomic E-state index is 13.4. The first-order valence-electron chi connectivity index (χ1n) is 9.15. The van der Waals surface area contributed by atoms with Gasteiger partial charge in [-0.15, -0.1) is 0 Å². The number of rotatable bonds is 7. The van der Waals surface area contributed by atoms with Crippen LogP contribution in [0.3, 0.4) is 0 Å². The Labute approximate surface area is 159 Å². The first-order chi connectivity index (χ1) is 13.2. The first kappa shape index (κ1) is 18.8. The van der Waals surface area contributed by atoms with Crippen molar-refractivity contribution in [2.24, 2.45) is 0 Å². The van der Waals surface area contributed by atoms with Crippen molar-refractivity contribution in [1.29, 1.82) is 0 Å². The predicted molar refractivity (Wildman–Crippen MR) is 106 cm³/mol. The molecule has 3 rings (SSSR count). The number of benzene rings is 2. The lowest BCUT2D eigenvalue weighted by atomic mass is 9.71. The van der Waals surface area contributed by atoms with Crippen LogP contribution in [-0.2, 0) is 16.8 Å². The Morgan fingerprint density at radius 2 is 1.63 bits per heavy atom. The molecule has 4 heteroatoms. The van der Waals surface area contributed by atoms with Crippen LogP contribution in [-0.4, -0.2) is 16.0 Å². The molecule has 0 fully saturated rings. The maximum Gasteiger partial charge on any atom is 0.233 e. The van der Waals surface area contributed by atoms with E-state index in [2.05, 4.69) is 10.3 Å². The SMILES string of the molecule is CC[C@](C(=O)NCc1ccccc1)(c1ccccc1)[C@H](O)c1ccccn1. The molecule has 2 N–H and O–H groups in total. The van der Waals surface area contributed by atoms with Crippen molar-refractivity contribution < 1.29 is 9.90 Å². The van der Waals surface area contributed by atoms with Crippen molar-refractivity contribution in [3.8, 4) is 0 Å². The molecule has 1 amide bonds. The van der Waals surface area contributed by atoms with E-state index in [1.807, 2.05) is 73.7 Å². The molecule has 4 nitrogen and oxygen atoms in total. The number of hydrogen-bond acceptors (Lipinski definition) is 3. The predicted octanol–water partition coefficient (Wildman–Crippen LogP) is 3.78. The van der Waals surface area contributed by atoms with E-state index in [4.69, 9.17) is 0 Å². The van der Waals surface area contributed by atoms with E-state index in [0.29, 0.717) is 18.7 Å². The van der Waals surface area contributed by atoms with Crippen LogP contribution in [0.25, 0.3) is 0 Å². The number of carbonyl (C=O) groups excluding carboxylic acids is 1. The number of nitrogens with one attached hydrogen (secondary N) is 1. The lowest BCUT2D eigenvalue weighted by Crippen LogP contribution is -2.48. The molecule has 0 aliphatic rings. The molecular formula is C23H24N2O2. The number of amides is 1. The highest BCUT2D eigenvalue weighted by Crippen LogP contribution is 2.40. The van der Waals surface area contributed by atoms with E-state index >= 15 is 0 Å². The zero-order valence-electron chi connectivity index (χ0n) is 15.4. The second kappa shape index (κ2) is 8.60. The number of nitrogens with zero attached hydrogens (tertiary/aromatic N) is 1. The van der Waals surface area contributed by atoms with Gasteiger partial charge < -0.3 is 10.4 Å². The van der Waals surface area contributed by atoms with E-state index in [-0.39, 0.29) is 5.91 Å². The van der Waals surface area contributed by atoms with Gasteiger partial charge in [-0.3, -0.25) is 9.78 Å². The van der Waals surface area contributed by atoms with Crippen LogP contribution in [0.5, 0.6) is 0 Å². The van der Waals surface area contributed by atoms with Crippen LogP contribution >= 0.6 is 0 Å². The molecule has 0 aliphatic heterocycles. The molecule has 0 saturated carbocycles. The molecule has 0 bridgehead atoms. The number of aliphatic hydroxyl groups excluding tert-OH is 1. The fourth-order valence-electron chi connectivity index (χ4n) is 3.43. The monoisotopic (exact) mass is 360 g/mol. The molecule has 2 atom stereocenters. The molecular weight excluding hydrogens is 336 g/mol. The summed E-state index contributed by atoms with van der Waals surface area (Å²) in [7, 11) is 0. The Hall–Kier alpha value is -2.98.